The van der Waals surface area contributed by atoms with Crippen molar-refractivity contribution in [2.24, 2.45) is 0 Å². The van der Waals surface area contributed by atoms with Crippen molar-refractivity contribution < 1.29 is 4.74 Å². The molecule has 0 aromatic carbocycles. The molecule has 4 nitrogen and oxygen atoms in total. The zero-order chi connectivity index (χ0) is 27.0. The predicted octanol–water partition coefficient (Wildman–Crippen LogP) is 8.74. The normalized spacial score (nSPS) is 12.2. The van der Waals surface area contributed by atoms with E-state index >= 15 is 0 Å². The fourth-order valence-electron chi connectivity index (χ4n) is 3.61. The molecule has 4 heteroatoms. The van der Waals surface area contributed by atoms with Crippen molar-refractivity contribution in [3.63, 3.8) is 0 Å². The summed E-state index contributed by atoms with van der Waals surface area (Å²) < 4.78 is 5.51. The van der Waals surface area contributed by atoms with Crippen molar-refractivity contribution in [1.29, 1.82) is 0 Å². The first-order valence-electron chi connectivity index (χ1n) is 12.3. The Balaban J connectivity index is 2.37. The highest BCUT2D eigenvalue weighted by atomic mass is 16.5. The van der Waals surface area contributed by atoms with E-state index < -0.39 is 0 Å². The minimum absolute atomic E-state index is 0.544. The Morgan fingerprint density at radius 2 is 1.92 bits per heavy atom. The van der Waals surface area contributed by atoms with Gasteiger partial charge in [0, 0.05) is 23.2 Å². The molecule has 0 radical (unpaired) electrons. The lowest BCUT2D eigenvalue weighted by atomic mass is 10.0. The molecular formula is C33H37N3O. The number of hydrogen-bond acceptors (Lipinski definition) is 4. The first kappa shape index (κ1) is 28.8. The maximum absolute atomic E-state index is 5.51. The van der Waals surface area contributed by atoms with Crippen LogP contribution in [0, 0.1) is 0 Å². The Morgan fingerprint density at radius 3 is 2.57 bits per heavy atom. The van der Waals surface area contributed by atoms with Gasteiger partial charge in [0.05, 0.1) is 17.6 Å². The molecule has 0 atom stereocenters. The third kappa shape index (κ3) is 8.62. The molecule has 0 amide bonds. The van der Waals surface area contributed by atoms with E-state index in [1.165, 1.54) is 11.8 Å². The van der Waals surface area contributed by atoms with E-state index in [0.29, 0.717) is 17.1 Å². The molecule has 0 saturated carbocycles. The van der Waals surface area contributed by atoms with Crippen molar-refractivity contribution in [1.82, 2.24) is 15.3 Å². The van der Waals surface area contributed by atoms with E-state index in [-0.39, 0.29) is 0 Å². The van der Waals surface area contributed by atoms with E-state index in [1.807, 2.05) is 37.4 Å². The fourth-order valence-corrected chi connectivity index (χ4v) is 3.61. The lowest BCUT2D eigenvalue weighted by Gasteiger charge is -2.14. The van der Waals surface area contributed by atoms with Crippen LogP contribution in [0.5, 0.6) is 0 Å². The van der Waals surface area contributed by atoms with Gasteiger partial charge >= 0.3 is 0 Å². The Hall–Kier alpha value is -4.44. The van der Waals surface area contributed by atoms with Crippen LogP contribution in [0.25, 0.3) is 29.2 Å². The standard InChI is InChI=1S/C33H37N3O/c1-8-14-15-18-27(16-9-2)31-23-28(21-22-34-31)25(7)35-29(12-5)24-32-26(11-4)19-20-30(36-32)33(17-10-3)37-13-6/h8,10-14,16-17,19-24,35H,3-7,9,15,18H2,1-2H3/b14-8-,27-16+,29-24+,33-17-. The van der Waals surface area contributed by atoms with Gasteiger partial charge in [-0.1, -0.05) is 76.3 Å². The number of allylic oxidation sites excluding steroid dienone is 7. The van der Waals surface area contributed by atoms with Crippen LogP contribution in [-0.4, -0.2) is 9.97 Å². The van der Waals surface area contributed by atoms with Crippen LogP contribution in [0.15, 0.2) is 112 Å². The van der Waals surface area contributed by atoms with Crippen LogP contribution in [-0.2, 0) is 4.74 Å². The Morgan fingerprint density at radius 1 is 1.11 bits per heavy atom. The lowest BCUT2D eigenvalue weighted by molar-refractivity contribution is 0.436. The third-order valence-electron chi connectivity index (χ3n) is 5.42. The SMILES string of the molecule is C=C/C=C(\OC=C)c1ccc(C=C)c(/C=C(\C=C)NC(=C)c2ccnc(/C(=C/CC)CC/C=C\C)c2)n1. The summed E-state index contributed by atoms with van der Waals surface area (Å²) >= 11 is 0. The zero-order valence-corrected chi connectivity index (χ0v) is 22.0. The highest BCUT2D eigenvalue weighted by Gasteiger charge is 2.10. The second-order valence-electron chi connectivity index (χ2n) is 8.01. The number of nitrogens with zero attached hydrogens (tertiary/aromatic N) is 2. The molecule has 2 aromatic heterocycles. The largest absolute Gasteiger partial charge is 0.463 e. The number of hydrogen-bond donors (Lipinski definition) is 1. The molecule has 0 aliphatic carbocycles. The predicted molar refractivity (Wildman–Crippen MR) is 161 cm³/mol. The molecule has 0 aliphatic heterocycles. The molecule has 2 heterocycles. The Labute approximate surface area is 222 Å². The average molecular weight is 492 g/mol. The topological polar surface area (TPSA) is 47.0 Å². The van der Waals surface area contributed by atoms with Crippen molar-refractivity contribution in [2.45, 2.75) is 33.1 Å². The van der Waals surface area contributed by atoms with Gasteiger partial charge in [-0.05, 0) is 73.7 Å². The monoisotopic (exact) mass is 491 g/mol. The number of ether oxygens (including phenoxy) is 1. The number of pyridine rings is 2. The van der Waals surface area contributed by atoms with Crippen LogP contribution in [0.2, 0.25) is 0 Å². The summed E-state index contributed by atoms with van der Waals surface area (Å²) in [5.41, 5.74) is 6.84. The fraction of sp³-hybridized carbons (Fsp3) is 0.152. The smallest absolute Gasteiger partial charge is 0.152 e. The van der Waals surface area contributed by atoms with Gasteiger partial charge in [0.1, 0.15) is 5.69 Å². The van der Waals surface area contributed by atoms with Crippen LogP contribution < -0.4 is 5.32 Å². The molecule has 0 saturated heterocycles. The number of nitrogens with one attached hydrogen (secondary N) is 1. The van der Waals surface area contributed by atoms with E-state index in [2.05, 4.69) is 74.4 Å². The van der Waals surface area contributed by atoms with Gasteiger partial charge in [0.2, 0.25) is 0 Å². The highest BCUT2D eigenvalue weighted by molar-refractivity contribution is 5.73. The van der Waals surface area contributed by atoms with Crippen LogP contribution >= 0.6 is 0 Å². The van der Waals surface area contributed by atoms with Gasteiger partial charge in [0.25, 0.3) is 0 Å². The van der Waals surface area contributed by atoms with Crippen molar-refractivity contribution >= 4 is 29.2 Å². The van der Waals surface area contributed by atoms with Crippen molar-refractivity contribution in [3.05, 3.63) is 140 Å². The minimum atomic E-state index is 0.544. The molecule has 1 N–H and O–H groups in total. The first-order valence-corrected chi connectivity index (χ1v) is 12.3. The molecule has 0 unspecified atom stereocenters. The van der Waals surface area contributed by atoms with Crippen LogP contribution in [0.4, 0.5) is 0 Å². The quantitative estimate of drug-likeness (QED) is 0.154. The molecular weight excluding hydrogens is 454 g/mol. The summed E-state index contributed by atoms with van der Waals surface area (Å²) in [4.78, 5) is 9.38. The van der Waals surface area contributed by atoms with E-state index in [0.717, 1.165) is 47.5 Å². The number of rotatable bonds is 15. The van der Waals surface area contributed by atoms with Crippen LogP contribution in [0.3, 0.4) is 0 Å². The molecule has 0 aliphatic rings. The molecule has 2 aromatic rings. The summed E-state index contributed by atoms with van der Waals surface area (Å²) in [7, 11) is 0. The molecule has 0 spiro atoms. The second kappa shape index (κ2) is 15.5. The van der Waals surface area contributed by atoms with Crippen molar-refractivity contribution in [2.75, 3.05) is 0 Å². The minimum Gasteiger partial charge on any atom is -0.463 e. The second-order valence-corrected chi connectivity index (χ2v) is 8.01. The summed E-state index contributed by atoms with van der Waals surface area (Å²) in [6.45, 7) is 23.7. The maximum Gasteiger partial charge on any atom is 0.152 e. The maximum atomic E-state index is 5.51. The van der Waals surface area contributed by atoms with Gasteiger partial charge in [-0.3, -0.25) is 4.98 Å². The van der Waals surface area contributed by atoms with Gasteiger partial charge in [0.15, 0.2) is 5.76 Å². The summed E-state index contributed by atoms with van der Waals surface area (Å²) in [6, 6.07) is 7.82. The average Bonchev–Trinajstić information content (AvgIpc) is 2.92. The summed E-state index contributed by atoms with van der Waals surface area (Å²) in [5.74, 6) is 0.544. The molecule has 37 heavy (non-hydrogen) atoms. The van der Waals surface area contributed by atoms with Crippen molar-refractivity contribution in [3.8, 4) is 0 Å². The molecule has 0 fully saturated rings. The summed E-state index contributed by atoms with van der Waals surface area (Å²) in [5, 5.41) is 3.37. The summed E-state index contributed by atoms with van der Waals surface area (Å²) in [6.07, 6.45) is 21.3. The van der Waals surface area contributed by atoms with E-state index in [9.17, 15) is 0 Å². The molecule has 2 rings (SSSR count). The third-order valence-corrected chi connectivity index (χ3v) is 5.42. The molecule has 0 bridgehead atoms. The van der Waals surface area contributed by atoms with Gasteiger partial charge in [-0.25, -0.2) is 4.98 Å². The highest BCUT2D eigenvalue weighted by Crippen LogP contribution is 2.23. The van der Waals surface area contributed by atoms with E-state index in [4.69, 9.17) is 9.72 Å². The Bertz CT molecular complexity index is 1260. The van der Waals surface area contributed by atoms with Crippen LogP contribution in [0.1, 0.15) is 61.3 Å². The van der Waals surface area contributed by atoms with Gasteiger partial charge in [-0.15, -0.1) is 0 Å². The van der Waals surface area contributed by atoms with E-state index in [1.54, 1.807) is 24.3 Å². The lowest BCUT2D eigenvalue weighted by Crippen LogP contribution is -2.10. The first-order chi connectivity index (χ1) is 18.0. The number of aromatic nitrogens is 2. The van der Waals surface area contributed by atoms with Gasteiger partial charge < -0.3 is 10.1 Å². The zero-order valence-electron chi connectivity index (χ0n) is 22.0. The Kier molecular flexibility index (Phi) is 12.1. The molecule has 190 valence electrons. The van der Waals surface area contributed by atoms with Gasteiger partial charge in [-0.2, -0.15) is 0 Å².